The Morgan fingerprint density at radius 2 is 1.93 bits per heavy atom. The van der Waals surface area contributed by atoms with Crippen molar-refractivity contribution in [1.82, 2.24) is 14.4 Å². The second kappa shape index (κ2) is 6.60. The average molecular weight is 398 g/mol. The molecule has 3 aromatic heterocycles. The van der Waals surface area contributed by atoms with Crippen LogP contribution >= 0.6 is 11.3 Å². The molecule has 7 nitrogen and oxygen atoms in total. The molecule has 9 heteroatoms. The van der Waals surface area contributed by atoms with E-state index in [1.165, 1.54) is 35.9 Å². The molecule has 0 spiro atoms. The summed E-state index contributed by atoms with van der Waals surface area (Å²) in [6, 6.07) is 11.3. The van der Waals surface area contributed by atoms with Crippen molar-refractivity contribution >= 4 is 32.0 Å². The van der Waals surface area contributed by atoms with E-state index < -0.39 is 10.0 Å². The third kappa shape index (κ3) is 3.34. The fourth-order valence-electron chi connectivity index (χ4n) is 2.66. The number of nitrogens with one attached hydrogen (secondary N) is 1. The highest BCUT2D eigenvalue weighted by atomic mass is 32.2. The predicted octanol–water partition coefficient (Wildman–Crippen LogP) is 2.93. The predicted molar refractivity (Wildman–Crippen MR) is 105 cm³/mol. The first-order chi connectivity index (χ1) is 12.9. The zero-order valence-corrected chi connectivity index (χ0v) is 15.8. The summed E-state index contributed by atoms with van der Waals surface area (Å²) in [5.41, 5.74) is 2.46. The SMILES string of the molecule is Cc1cc(=O)n2c(-c3ccc(NS(=O)(=O)c4cccnc4)cc3)csc2n1. The Morgan fingerprint density at radius 3 is 2.63 bits per heavy atom. The van der Waals surface area contributed by atoms with Crippen LogP contribution in [0.25, 0.3) is 16.2 Å². The Hall–Kier alpha value is -3.04. The third-order valence-electron chi connectivity index (χ3n) is 3.91. The Labute approximate surface area is 159 Å². The lowest BCUT2D eigenvalue weighted by Gasteiger charge is -2.08. The van der Waals surface area contributed by atoms with Crippen molar-refractivity contribution in [2.75, 3.05) is 4.72 Å². The van der Waals surface area contributed by atoms with Crippen LogP contribution in [0.15, 0.2) is 69.9 Å². The quantitative estimate of drug-likeness (QED) is 0.570. The van der Waals surface area contributed by atoms with Gasteiger partial charge in [-0.3, -0.25) is 18.9 Å². The average Bonchev–Trinajstić information content (AvgIpc) is 3.07. The summed E-state index contributed by atoms with van der Waals surface area (Å²) in [4.78, 5) is 21.2. The van der Waals surface area contributed by atoms with Gasteiger partial charge < -0.3 is 0 Å². The first kappa shape index (κ1) is 17.4. The largest absolute Gasteiger partial charge is 0.280 e. The minimum atomic E-state index is -3.70. The van der Waals surface area contributed by atoms with Gasteiger partial charge in [-0.15, -0.1) is 11.3 Å². The van der Waals surface area contributed by atoms with Crippen molar-refractivity contribution in [3.05, 3.63) is 76.3 Å². The zero-order valence-electron chi connectivity index (χ0n) is 14.2. The fourth-order valence-corrected chi connectivity index (χ4v) is 4.63. The number of aromatic nitrogens is 3. The maximum absolute atomic E-state index is 12.4. The number of rotatable bonds is 4. The van der Waals surface area contributed by atoms with Crippen molar-refractivity contribution in [2.45, 2.75) is 11.8 Å². The van der Waals surface area contributed by atoms with Crippen LogP contribution in [-0.4, -0.2) is 22.8 Å². The van der Waals surface area contributed by atoms with Crippen molar-refractivity contribution < 1.29 is 8.42 Å². The van der Waals surface area contributed by atoms with Gasteiger partial charge in [-0.05, 0) is 36.8 Å². The van der Waals surface area contributed by atoms with E-state index in [-0.39, 0.29) is 10.5 Å². The van der Waals surface area contributed by atoms with Gasteiger partial charge in [0.05, 0.1) is 5.69 Å². The van der Waals surface area contributed by atoms with E-state index >= 15 is 0 Å². The summed E-state index contributed by atoms with van der Waals surface area (Å²) in [6.45, 7) is 1.78. The molecule has 4 aromatic rings. The molecule has 0 aliphatic heterocycles. The molecule has 0 radical (unpaired) electrons. The Morgan fingerprint density at radius 1 is 1.15 bits per heavy atom. The highest BCUT2D eigenvalue weighted by Crippen LogP contribution is 2.26. The van der Waals surface area contributed by atoms with Gasteiger partial charge in [0.25, 0.3) is 15.6 Å². The second-order valence-electron chi connectivity index (χ2n) is 5.85. The molecular formula is C18H14N4O3S2. The molecule has 0 unspecified atom stereocenters. The first-order valence-corrected chi connectivity index (χ1v) is 10.3. The van der Waals surface area contributed by atoms with Gasteiger partial charge in [0, 0.05) is 35.2 Å². The summed E-state index contributed by atoms with van der Waals surface area (Å²) in [5.74, 6) is 0. The van der Waals surface area contributed by atoms with E-state index in [1.54, 1.807) is 41.7 Å². The van der Waals surface area contributed by atoms with Crippen molar-refractivity contribution in [3.63, 3.8) is 0 Å². The Kier molecular flexibility index (Phi) is 4.25. The lowest BCUT2D eigenvalue weighted by molar-refractivity contribution is 0.601. The van der Waals surface area contributed by atoms with E-state index in [2.05, 4.69) is 14.7 Å². The maximum atomic E-state index is 12.4. The van der Waals surface area contributed by atoms with Gasteiger partial charge in [-0.25, -0.2) is 13.4 Å². The lowest BCUT2D eigenvalue weighted by atomic mass is 10.1. The molecular weight excluding hydrogens is 384 g/mol. The van der Waals surface area contributed by atoms with Crippen molar-refractivity contribution in [1.29, 1.82) is 0 Å². The molecule has 27 heavy (non-hydrogen) atoms. The van der Waals surface area contributed by atoms with Crippen LogP contribution in [0.3, 0.4) is 0 Å². The Balaban J connectivity index is 1.67. The molecule has 136 valence electrons. The van der Waals surface area contributed by atoms with Crippen molar-refractivity contribution in [2.24, 2.45) is 0 Å². The summed E-state index contributed by atoms with van der Waals surface area (Å²) >= 11 is 1.38. The number of hydrogen-bond acceptors (Lipinski definition) is 6. The number of nitrogens with zero attached hydrogens (tertiary/aromatic N) is 3. The summed E-state index contributed by atoms with van der Waals surface area (Å²) in [7, 11) is -3.70. The van der Waals surface area contributed by atoms with Crippen LogP contribution in [0.4, 0.5) is 5.69 Å². The number of hydrogen-bond donors (Lipinski definition) is 1. The lowest BCUT2D eigenvalue weighted by Crippen LogP contribution is -2.14. The van der Waals surface area contributed by atoms with Gasteiger partial charge in [0.1, 0.15) is 4.90 Å². The van der Waals surface area contributed by atoms with Crippen LogP contribution < -0.4 is 10.3 Å². The van der Waals surface area contributed by atoms with Crippen LogP contribution in [0.5, 0.6) is 0 Å². The fraction of sp³-hybridized carbons (Fsp3) is 0.0556. The van der Waals surface area contributed by atoms with Gasteiger partial charge in [0.2, 0.25) is 0 Å². The molecule has 1 aromatic carbocycles. The molecule has 0 saturated heterocycles. The van der Waals surface area contributed by atoms with E-state index in [0.29, 0.717) is 22.0 Å². The van der Waals surface area contributed by atoms with Gasteiger partial charge in [-0.2, -0.15) is 0 Å². The van der Waals surface area contributed by atoms with Crippen LogP contribution in [0, 0.1) is 6.92 Å². The summed E-state index contributed by atoms with van der Waals surface area (Å²) in [5, 5.41) is 1.86. The highest BCUT2D eigenvalue weighted by molar-refractivity contribution is 7.92. The van der Waals surface area contributed by atoms with Gasteiger partial charge in [-0.1, -0.05) is 12.1 Å². The standard InChI is InChI=1S/C18H14N4O3S2/c1-12-9-17(23)22-16(11-26-18(22)20-12)13-4-6-14(7-5-13)21-27(24,25)15-3-2-8-19-10-15/h2-11,21H,1H3. The molecule has 0 amide bonds. The normalized spacial score (nSPS) is 11.6. The minimum Gasteiger partial charge on any atom is -0.280 e. The summed E-state index contributed by atoms with van der Waals surface area (Å²) in [6.07, 6.45) is 2.80. The number of pyridine rings is 1. The Bertz CT molecular complexity index is 1280. The zero-order chi connectivity index (χ0) is 19.0. The molecule has 0 bridgehead atoms. The third-order valence-corrected chi connectivity index (χ3v) is 6.10. The molecule has 0 fully saturated rings. The maximum Gasteiger partial charge on any atom is 0.263 e. The summed E-state index contributed by atoms with van der Waals surface area (Å²) < 4.78 is 28.8. The number of anilines is 1. The molecule has 0 atom stereocenters. The van der Waals surface area contributed by atoms with Crippen LogP contribution in [-0.2, 0) is 10.0 Å². The molecule has 3 heterocycles. The van der Waals surface area contributed by atoms with Crippen LogP contribution in [0.2, 0.25) is 0 Å². The van der Waals surface area contributed by atoms with E-state index in [0.717, 1.165) is 5.56 Å². The number of benzene rings is 1. The van der Waals surface area contributed by atoms with E-state index in [1.807, 2.05) is 5.38 Å². The number of fused-ring (bicyclic) bond motifs is 1. The van der Waals surface area contributed by atoms with Gasteiger partial charge in [0.15, 0.2) is 4.96 Å². The van der Waals surface area contributed by atoms with Gasteiger partial charge >= 0.3 is 0 Å². The molecule has 4 rings (SSSR count). The number of thiazole rings is 1. The second-order valence-corrected chi connectivity index (χ2v) is 8.37. The topological polar surface area (TPSA) is 93.4 Å². The molecule has 0 saturated carbocycles. The number of aryl methyl sites for hydroxylation is 1. The molecule has 1 N–H and O–H groups in total. The van der Waals surface area contributed by atoms with E-state index in [9.17, 15) is 13.2 Å². The molecule has 0 aliphatic carbocycles. The smallest absolute Gasteiger partial charge is 0.263 e. The minimum absolute atomic E-state index is 0.0888. The van der Waals surface area contributed by atoms with E-state index in [4.69, 9.17) is 0 Å². The monoisotopic (exact) mass is 398 g/mol. The van der Waals surface area contributed by atoms with Crippen LogP contribution in [0.1, 0.15) is 5.69 Å². The molecule has 0 aliphatic rings. The first-order valence-electron chi connectivity index (χ1n) is 7.95. The van der Waals surface area contributed by atoms with Crippen molar-refractivity contribution in [3.8, 4) is 11.3 Å². The highest BCUT2D eigenvalue weighted by Gasteiger charge is 2.15. The number of sulfonamides is 1.